The van der Waals surface area contributed by atoms with Gasteiger partial charge in [0.05, 0.1) is 25.8 Å². The van der Waals surface area contributed by atoms with Gasteiger partial charge in [-0.25, -0.2) is 9.18 Å². The van der Waals surface area contributed by atoms with Crippen LogP contribution >= 0.6 is 0 Å². The summed E-state index contributed by atoms with van der Waals surface area (Å²) < 4.78 is 55.1. The highest BCUT2D eigenvalue weighted by Gasteiger charge is 2.62. The molecule has 3 aliphatic heterocycles. The molecule has 0 saturated carbocycles. The number of nitrogens with one attached hydrogen (secondary N) is 1. The molecular weight excluding hydrogens is 629 g/mol. The third-order valence-corrected chi connectivity index (χ3v) is 9.00. The van der Waals surface area contributed by atoms with E-state index < -0.39 is 53.7 Å². The van der Waals surface area contributed by atoms with Gasteiger partial charge in [0.1, 0.15) is 54.5 Å². The minimum atomic E-state index is -1.43. The lowest BCUT2D eigenvalue weighted by molar-refractivity contribution is -0.227. The molecule has 3 fully saturated rings. The quantitative estimate of drug-likeness (QED) is 0.369. The molecule has 3 aliphatic rings. The van der Waals surface area contributed by atoms with Crippen LogP contribution in [0.1, 0.15) is 57.2 Å². The summed E-state index contributed by atoms with van der Waals surface area (Å²) in [6.07, 6.45) is -2.44. The Bertz CT molecular complexity index is 1490. The Labute approximate surface area is 280 Å². The summed E-state index contributed by atoms with van der Waals surface area (Å²) in [5.74, 6) is -1.74. The lowest BCUT2D eigenvalue weighted by atomic mass is 10.00. The summed E-state index contributed by atoms with van der Waals surface area (Å²) in [4.78, 5) is 43.4. The molecule has 14 heteroatoms. The highest BCUT2D eigenvalue weighted by molar-refractivity contribution is 6.01. The lowest BCUT2D eigenvalue weighted by Gasteiger charge is -2.37. The summed E-state index contributed by atoms with van der Waals surface area (Å²) in [6, 6.07) is 3.06. The van der Waals surface area contributed by atoms with Crippen molar-refractivity contribution < 1.29 is 51.6 Å². The number of aryl methyl sites for hydroxylation is 1. The molecular formula is C34H48FN3O10. The van der Waals surface area contributed by atoms with Crippen LogP contribution in [-0.4, -0.2) is 123 Å². The zero-order valence-corrected chi connectivity index (χ0v) is 29.0. The van der Waals surface area contributed by atoms with Crippen molar-refractivity contribution in [1.29, 1.82) is 0 Å². The van der Waals surface area contributed by atoms with Crippen LogP contribution in [0.15, 0.2) is 22.6 Å². The van der Waals surface area contributed by atoms with Gasteiger partial charge in [0.2, 0.25) is 11.7 Å². The van der Waals surface area contributed by atoms with Gasteiger partial charge < -0.3 is 43.1 Å². The molecule has 1 aromatic heterocycles. The number of alkyl halides is 1. The Kier molecular flexibility index (Phi) is 10.6. The number of hydrogen-bond donors (Lipinski definition) is 1. The Morgan fingerprint density at radius 1 is 1.15 bits per heavy atom. The van der Waals surface area contributed by atoms with Gasteiger partial charge in [0.25, 0.3) is 5.91 Å². The van der Waals surface area contributed by atoms with Crippen molar-refractivity contribution in [2.45, 2.75) is 89.8 Å². The van der Waals surface area contributed by atoms with Crippen molar-refractivity contribution in [3.63, 3.8) is 0 Å². The molecule has 48 heavy (non-hydrogen) atoms. The Morgan fingerprint density at radius 3 is 2.54 bits per heavy atom. The highest BCUT2D eigenvalue weighted by atomic mass is 19.1. The highest BCUT2D eigenvalue weighted by Crippen LogP contribution is 2.40. The van der Waals surface area contributed by atoms with E-state index in [4.69, 9.17) is 32.8 Å². The fourth-order valence-electron chi connectivity index (χ4n) is 6.60. The smallest absolute Gasteiger partial charge is 0.410 e. The zero-order valence-electron chi connectivity index (χ0n) is 29.0. The number of benzene rings is 1. The van der Waals surface area contributed by atoms with Gasteiger partial charge in [-0.1, -0.05) is 13.8 Å². The van der Waals surface area contributed by atoms with Gasteiger partial charge in [-0.2, -0.15) is 0 Å². The number of carbonyl (C=O) groups is 3. The molecule has 5 unspecified atom stereocenters. The van der Waals surface area contributed by atoms with Crippen LogP contribution in [-0.2, 0) is 28.5 Å². The summed E-state index contributed by atoms with van der Waals surface area (Å²) in [5.41, 5.74) is 0.395. The number of rotatable bonds is 10. The summed E-state index contributed by atoms with van der Waals surface area (Å²) in [6.45, 7) is 12.1. The van der Waals surface area contributed by atoms with Crippen molar-refractivity contribution >= 4 is 28.9 Å². The summed E-state index contributed by atoms with van der Waals surface area (Å²) in [7, 11) is 2.86. The first-order chi connectivity index (χ1) is 22.7. The predicted molar refractivity (Wildman–Crippen MR) is 172 cm³/mol. The minimum absolute atomic E-state index is 0.0267. The van der Waals surface area contributed by atoms with E-state index in [2.05, 4.69) is 5.32 Å². The number of fused-ring (bicyclic) bond motifs is 2. The Morgan fingerprint density at radius 2 is 1.88 bits per heavy atom. The van der Waals surface area contributed by atoms with Crippen molar-refractivity contribution in [3.05, 3.63) is 29.5 Å². The molecule has 266 valence electrons. The molecule has 0 spiro atoms. The van der Waals surface area contributed by atoms with E-state index in [0.717, 1.165) is 0 Å². The molecule has 4 heterocycles. The van der Waals surface area contributed by atoms with Crippen molar-refractivity contribution in [1.82, 2.24) is 15.1 Å². The van der Waals surface area contributed by atoms with E-state index in [9.17, 15) is 14.4 Å². The first-order valence-corrected chi connectivity index (χ1v) is 16.4. The number of ether oxygens (including phenoxy) is 6. The van der Waals surface area contributed by atoms with Gasteiger partial charge in [0.15, 0.2) is 5.76 Å². The van der Waals surface area contributed by atoms with Gasteiger partial charge >= 0.3 is 6.09 Å². The molecule has 0 aliphatic carbocycles. The van der Waals surface area contributed by atoms with Gasteiger partial charge in [-0.3, -0.25) is 14.5 Å². The number of hydrogen-bond acceptors (Lipinski definition) is 10. The topological polar surface area (TPSA) is 138 Å². The third-order valence-electron chi connectivity index (χ3n) is 9.00. The molecule has 13 nitrogen and oxygen atoms in total. The van der Waals surface area contributed by atoms with Crippen molar-refractivity contribution in [2.75, 3.05) is 53.7 Å². The van der Waals surface area contributed by atoms with Crippen molar-refractivity contribution in [2.24, 2.45) is 5.92 Å². The summed E-state index contributed by atoms with van der Waals surface area (Å²) >= 11 is 0. The maximum absolute atomic E-state index is 15.1. The third kappa shape index (κ3) is 7.26. The first kappa shape index (κ1) is 35.8. The maximum atomic E-state index is 15.1. The van der Waals surface area contributed by atoms with Crippen LogP contribution < -0.4 is 10.1 Å². The van der Waals surface area contributed by atoms with E-state index in [0.29, 0.717) is 48.5 Å². The molecule has 1 N–H and O–H groups in total. The average Bonchev–Trinajstić information content (AvgIpc) is 3.70. The number of morpholine rings is 1. The molecule has 5 rings (SSSR count). The van der Waals surface area contributed by atoms with E-state index in [-0.39, 0.29) is 37.5 Å². The Hall–Kier alpha value is -3.46. The number of furan rings is 1. The predicted octanol–water partition coefficient (Wildman–Crippen LogP) is 3.84. The maximum Gasteiger partial charge on any atom is 0.410 e. The number of amides is 3. The van der Waals surface area contributed by atoms with Gasteiger partial charge in [-0.05, 0) is 58.2 Å². The zero-order chi connectivity index (χ0) is 35.0. The molecule has 3 amide bonds. The number of nitrogens with zero attached hydrogens (tertiary/aromatic N) is 2. The van der Waals surface area contributed by atoms with Gasteiger partial charge in [0, 0.05) is 31.7 Å². The molecule has 5 atom stereocenters. The van der Waals surface area contributed by atoms with Gasteiger partial charge in [-0.15, -0.1) is 0 Å². The molecule has 3 saturated heterocycles. The average molecular weight is 678 g/mol. The second-order valence-corrected chi connectivity index (χ2v) is 14.0. The van der Waals surface area contributed by atoms with E-state index in [1.54, 1.807) is 30.0 Å². The van der Waals surface area contributed by atoms with E-state index in [1.807, 2.05) is 34.6 Å². The fraction of sp³-hybridized carbons (Fsp3) is 0.676. The monoisotopic (exact) mass is 677 g/mol. The standard InChI is InChI=1S/C34H48FN3O10/c1-19(2)13-25(31(40)38-15-24(35)28-29(38)34(42-7,43-8)18-46-28)36-30(39)27-20(3)23-14-22(9-10-26(23)47-27)45-17-21-16-44-12-11-37(21)32(41)48-33(4,5)6/h9-10,14,19,21,24-25,28-29H,11-13,15-18H2,1-8H3,(H,36,39). The van der Waals surface area contributed by atoms with Crippen LogP contribution in [0.2, 0.25) is 0 Å². The Balaban J connectivity index is 1.30. The molecule has 0 radical (unpaired) electrons. The minimum Gasteiger partial charge on any atom is -0.491 e. The van der Waals surface area contributed by atoms with Crippen LogP contribution in [0.5, 0.6) is 5.75 Å². The number of carbonyl (C=O) groups excluding carboxylic acids is 3. The molecule has 2 aromatic rings. The largest absolute Gasteiger partial charge is 0.491 e. The summed E-state index contributed by atoms with van der Waals surface area (Å²) in [5, 5.41) is 3.51. The molecule has 1 aromatic carbocycles. The van der Waals surface area contributed by atoms with Crippen LogP contribution in [0.25, 0.3) is 11.0 Å². The normalized spacial score (nSPS) is 24.5. The number of halogens is 1. The number of methoxy groups -OCH3 is 2. The SMILES string of the molecule is COC1(OC)COC2C(F)CN(C(=O)C(CC(C)C)NC(=O)c3oc4ccc(OCC5COCCN5C(=O)OC(C)(C)C)cc4c3C)C21. The lowest BCUT2D eigenvalue weighted by Crippen LogP contribution is -2.58. The number of likely N-dealkylation sites (tertiary alicyclic amines) is 1. The van der Waals surface area contributed by atoms with Crippen LogP contribution in [0, 0.1) is 12.8 Å². The molecule has 0 bridgehead atoms. The second kappa shape index (κ2) is 14.2. The van der Waals surface area contributed by atoms with Crippen LogP contribution in [0.3, 0.4) is 0 Å². The fourth-order valence-corrected chi connectivity index (χ4v) is 6.60. The van der Waals surface area contributed by atoms with E-state index >= 15 is 4.39 Å². The van der Waals surface area contributed by atoms with Crippen molar-refractivity contribution in [3.8, 4) is 5.75 Å². The van der Waals surface area contributed by atoms with E-state index in [1.165, 1.54) is 19.1 Å². The van der Waals surface area contributed by atoms with Crippen LogP contribution in [0.4, 0.5) is 9.18 Å². The second-order valence-electron chi connectivity index (χ2n) is 14.0. The first-order valence-electron chi connectivity index (χ1n) is 16.4.